The van der Waals surface area contributed by atoms with Crippen molar-refractivity contribution in [1.82, 2.24) is 15.1 Å². The van der Waals surface area contributed by atoms with Gasteiger partial charge in [0.05, 0.1) is 17.9 Å². The van der Waals surface area contributed by atoms with E-state index < -0.39 is 0 Å². The van der Waals surface area contributed by atoms with Crippen LogP contribution in [0.1, 0.15) is 24.8 Å². The summed E-state index contributed by atoms with van der Waals surface area (Å²) in [6.07, 6.45) is 3.21. The molecule has 27 heavy (non-hydrogen) atoms. The van der Waals surface area contributed by atoms with Crippen LogP contribution in [0, 0.1) is 11.3 Å². The van der Waals surface area contributed by atoms with Crippen LogP contribution < -0.4 is 10.2 Å². The number of ether oxygens (including phenoxy) is 1. The number of hydrogen-bond donors (Lipinski definition) is 1. The van der Waals surface area contributed by atoms with Gasteiger partial charge in [-0.05, 0) is 31.4 Å². The van der Waals surface area contributed by atoms with Crippen molar-refractivity contribution in [2.45, 2.75) is 31.3 Å². The van der Waals surface area contributed by atoms with E-state index in [-0.39, 0.29) is 12.1 Å². The highest BCUT2D eigenvalue weighted by Gasteiger charge is 2.32. The van der Waals surface area contributed by atoms with Crippen molar-refractivity contribution in [2.75, 3.05) is 51.0 Å². The van der Waals surface area contributed by atoms with Crippen molar-refractivity contribution >= 4 is 11.7 Å². The van der Waals surface area contributed by atoms with E-state index in [0.29, 0.717) is 25.9 Å². The lowest BCUT2D eigenvalue weighted by Gasteiger charge is -2.38. The number of nitriles is 1. The Morgan fingerprint density at radius 2 is 1.96 bits per heavy atom. The molecule has 7 nitrogen and oxygen atoms in total. The highest BCUT2D eigenvalue weighted by molar-refractivity contribution is 5.74. The molecule has 2 amide bonds. The van der Waals surface area contributed by atoms with Crippen molar-refractivity contribution < 1.29 is 9.53 Å². The van der Waals surface area contributed by atoms with E-state index in [1.165, 1.54) is 0 Å². The molecule has 3 aliphatic heterocycles. The number of amides is 2. The first-order valence-electron chi connectivity index (χ1n) is 9.86. The molecule has 0 spiro atoms. The molecule has 0 aliphatic carbocycles. The van der Waals surface area contributed by atoms with Crippen LogP contribution in [0.2, 0.25) is 0 Å². The second kappa shape index (κ2) is 8.15. The van der Waals surface area contributed by atoms with Gasteiger partial charge in [-0.3, -0.25) is 9.80 Å². The van der Waals surface area contributed by atoms with Crippen LogP contribution in [0.5, 0.6) is 0 Å². The summed E-state index contributed by atoms with van der Waals surface area (Å²) in [7, 11) is 0. The van der Waals surface area contributed by atoms with Crippen molar-refractivity contribution in [3.05, 3.63) is 29.8 Å². The van der Waals surface area contributed by atoms with Gasteiger partial charge in [0.2, 0.25) is 0 Å². The van der Waals surface area contributed by atoms with Crippen LogP contribution in [0.25, 0.3) is 0 Å². The lowest BCUT2D eigenvalue weighted by Crippen LogP contribution is -2.47. The van der Waals surface area contributed by atoms with Gasteiger partial charge >= 0.3 is 6.03 Å². The molecule has 4 rings (SSSR count). The van der Waals surface area contributed by atoms with E-state index in [1.807, 2.05) is 24.3 Å². The number of carbonyl (C=O) groups excluding carboxylic acids is 1. The molecule has 3 aliphatic rings. The van der Waals surface area contributed by atoms with Gasteiger partial charge in [-0.15, -0.1) is 0 Å². The van der Waals surface area contributed by atoms with Gasteiger partial charge in [0.25, 0.3) is 0 Å². The first-order valence-corrected chi connectivity index (χ1v) is 9.86. The molecule has 0 unspecified atom stereocenters. The van der Waals surface area contributed by atoms with Crippen LogP contribution in [0.3, 0.4) is 0 Å². The number of nitrogens with zero attached hydrogens (tertiary/aromatic N) is 4. The Morgan fingerprint density at radius 3 is 2.70 bits per heavy atom. The lowest BCUT2D eigenvalue weighted by molar-refractivity contribution is 0.142. The normalized spacial score (nSPS) is 24.2. The number of para-hydroxylation sites is 1. The smallest absolute Gasteiger partial charge is 0.319 e. The molecule has 0 aromatic heterocycles. The molecule has 0 saturated carbocycles. The Morgan fingerprint density at radius 1 is 1.15 bits per heavy atom. The molecule has 1 aromatic carbocycles. The summed E-state index contributed by atoms with van der Waals surface area (Å²) < 4.78 is 5.25. The quantitative estimate of drug-likeness (QED) is 0.876. The van der Waals surface area contributed by atoms with E-state index in [9.17, 15) is 10.1 Å². The van der Waals surface area contributed by atoms with E-state index in [0.717, 1.165) is 56.7 Å². The molecule has 1 aromatic rings. The monoisotopic (exact) mass is 369 g/mol. The molecule has 144 valence electrons. The van der Waals surface area contributed by atoms with E-state index in [4.69, 9.17) is 4.74 Å². The van der Waals surface area contributed by atoms with E-state index in [2.05, 4.69) is 21.2 Å². The molecule has 3 fully saturated rings. The van der Waals surface area contributed by atoms with Crippen molar-refractivity contribution in [2.24, 2.45) is 0 Å². The number of hydrogen-bond acceptors (Lipinski definition) is 5. The first-order chi connectivity index (χ1) is 13.2. The second-order valence-electron chi connectivity index (χ2n) is 7.58. The number of urea groups is 1. The van der Waals surface area contributed by atoms with Crippen LogP contribution in [0.4, 0.5) is 10.5 Å². The lowest BCUT2D eigenvalue weighted by atomic mass is 10.0. The molecule has 0 bridgehead atoms. The second-order valence-corrected chi connectivity index (χ2v) is 7.58. The van der Waals surface area contributed by atoms with Gasteiger partial charge in [0.1, 0.15) is 12.8 Å². The number of benzene rings is 1. The molecule has 7 heteroatoms. The van der Waals surface area contributed by atoms with Gasteiger partial charge in [-0.1, -0.05) is 12.1 Å². The molecule has 3 heterocycles. The first kappa shape index (κ1) is 18.1. The zero-order valence-corrected chi connectivity index (χ0v) is 15.6. The fourth-order valence-corrected chi connectivity index (χ4v) is 4.39. The number of piperidine rings is 1. The average Bonchev–Trinajstić information content (AvgIpc) is 3.40. The zero-order valence-electron chi connectivity index (χ0n) is 15.6. The maximum absolute atomic E-state index is 12.2. The average molecular weight is 369 g/mol. The molecule has 0 radical (unpaired) electrons. The van der Waals surface area contributed by atoms with Crippen LogP contribution in [-0.4, -0.2) is 74.0 Å². The Hall–Kier alpha value is -2.30. The van der Waals surface area contributed by atoms with Gasteiger partial charge in [-0.25, -0.2) is 4.79 Å². The largest absolute Gasteiger partial charge is 0.370 e. The minimum absolute atomic E-state index is 0.00211. The van der Waals surface area contributed by atoms with Gasteiger partial charge in [0.15, 0.2) is 0 Å². The SMILES string of the molecule is N#Cc1ccccc1N1CCC(N2CC[C@@H](NC(=O)N3CCOC3)C2)CC1. The Kier molecular flexibility index (Phi) is 5.46. The van der Waals surface area contributed by atoms with E-state index in [1.54, 1.807) is 4.90 Å². The number of likely N-dealkylation sites (tertiary alicyclic amines) is 1. The van der Waals surface area contributed by atoms with Crippen molar-refractivity contribution in [3.8, 4) is 6.07 Å². The Bertz CT molecular complexity index is 705. The maximum atomic E-state index is 12.2. The topological polar surface area (TPSA) is 71.8 Å². The number of nitrogens with one attached hydrogen (secondary N) is 1. The van der Waals surface area contributed by atoms with Gasteiger partial charge in [-0.2, -0.15) is 5.26 Å². The van der Waals surface area contributed by atoms with Gasteiger partial charge in [0, 0.05) is 44.8 Å². The summed E-state index contributed by atoms with van der Waals surface area (Å²) in [5.74, 6) is 0. The van der Waals surface area contributed by atoms with Crippen LogP contribution in [-0.2, 0) is 4.74 Å². The number of carbonyl (C=O) groups is 1. The number of anilines is 1. The van der Waals surface area contributed by atoms with Crippen molar-refractivity contribution in [3.63, 3.8) is 0 Å². The van der Waals surface area contributed by atoms with Crippen molar-refractivity contribution in [1.29, 1.82) is 5.26 Å². The Labute approximate surface area is 160 Å². The van der Waals surface area contributed by atoms with Crippen LogP contribution in [0.15, 0.2) is 24.3 Å². The van der Waals surface area contributed by atoms with Crippen LogP contribution >= 0.6 is 0 Å². The zero-order chi connectivity index (χ0) is 18.6. The fraction of sp³-hybridized carbons (Fsp3) is 0.600. The highest BCUT2D eigenvalue weighted by atomic mass is 16.5. The summed E-state index contributed by atoms with van der Waals surface area (Å²) in [5, 5.41) is 12.5. The van der Waals surface area contributed by atoms with Gasteiger partial charge < -0.3 is 15.0 Å². The third kappa shape index (κ3) is 4.02. The summed E-state index contributed by atoms with van der Waals surface area (Å²) in [6, 6.07) is 11.0. The summed E-state index contributed by atoms with van der Waals surface area (Å²) >= 11 is 0. The maximum Gasteiger partial charge on any atom is 0.319 e. The standard InChI is InChI=1S/C20H27N5O2/c21-13-16-3-1-2-4-19(16)23-9-6-18(7-10-23)24-8-5-17(14-24)22-20(26)25-11-12-27-15-25/h1-4,17-18H,5-12,14-15H2,(H,22,26)/t17-/m1/s1. The third-order valence-corrected chi connectivity index (χ3v) is 5.93. The molecule has 1 atom stereocenters. The molecular formula is C20H27N5O2. The summed E-state index contributed by atoms with van der Waals surface area (Å²) in [6.45, 7) is 5.65. The number of rotatable bonds is 3. The highest BCUT2D eigenvalue weighted by Crippen LogP contribution is 2.27. The minimum atomic E-state index is 0.00211. The third-order valence-electron chi connectivity index (χ3n) is 5.93. The molecule has 1 N–H and O–H groups in total. The minimum Gasteiger partial charge on any atom is -0.370 e. The van der Waals surface area contributed by atoms with E-state index >= 15 is 0 Å². The predicted octanol–water partition coefficient (Wildman–Crippen LogP) is 1.60. The summed E-state index contributed by atoms with van der Waals surface area (Å²) in [5.41, 5.74) is 1.81. The molecule has 3 saturated heterocycles. The predicted molar refractivity (Wildman–Crippen MR) is 102 cm³/mol. The fourth-order valence-electron chi connectivity index (χ4n) is 4.39. The molecular weight excluding hydrogens is 342 g/mol. The summed E-state index contributed by atoms with van der Waals surface area (Å²) in [4.78, 5) is 18.8. The Balaban J connectivity index is 1.27.